The van der Waals surface area contributed by atoms with Crippen LogP contribution in [0.2, 0.25) is 27.2 Å². The van der Waals surface area contributed by atoms with Gasteiger partial charge in [-0.3, -0.25) is 0 Å². The van der Waals surface area contributed by atoms with Crippen LogP contribution in [0.4, 0.5) is 0 Å². The predicted molar refractivity (Wildman–Crippen MR) is 127 cm³/mol. The first kappa shape index (κ1) is 26.1. The zero-order valence-electron chi connectivity index (χ0n) is 17.8. The van der Waals surface area contributed by atoms with Gasteiger partial charge >= 0.3 is 8.56 Å². The van der Waals surface area contributed by atoms with E-state index in [1.54, 1.807) is 12.1 Å². The average Bonchev–Trinajstić information content (AvgIpc) is 2.67. The molecule has 1 rings (SSSR count). The van der Waals surface area contributed by atoms with Gasteiger partial charge in [-0.25, -0.2) is 0 Å². The van der Waals surface area contributed by atoms with Crippen LogP contribution >= 0.6 is 34.8 Å². The third-order valence-corrected chi connectivity index (χ3v) is 9.43. The molecule has 1 aromatic carbocycles. The molecule has 0 aliphatic carbocycles. The molecule has 0 amide bonds. The Hall–Kier alpha value is 0.0669. The van der Waals surface area contributed by atoms with E-state index < -0.39 is 8.56 Å². The topological polar surface area (TPSA) is 18.5 Å². The summed E-state index contributed by atoms with van der Waals surface area (Å²) >= 11 is 18.6. The molecule has 0 saturated carbocycles. The van der Waals surface area contributed by atoms with Crippen LogP contribution in [-0.4, -0.2) is 15.2 Å². The van der Waals surface area contributed by atoms with E-state index in [2.05, 4.69) is 20.8 Å². The SMILES string of the molecule is CCCCCCCCCCCCO[Si](CC)(CC)Oc1c(Cl)cc(Cl)cc1Cl. The van der Waals surface area contributed by atoms with Crippen LogP contribution < -0.4 is 4.43 Å². The molecule has 162 valence electrons. The maximum atomic E-state index is 6.31. The molecule has 2 nitrogen and oxygen atoms in total. The van der Waals surface area contributed by atoms with Crippen LogP contribution in [0.1, 0.15) is 85.0 Å². The molecule has 0 N–H and O–H groups in total. The molecule has 0 heterocycles. The third kappa shape index (κ3) is 9.71. The van der Waals surface area contributed by atoms with Crippen molar-refractivity contribution in [2.75, 3.05) is 6.61 Å². The highest BCUT2D eigenvalue weighted by Gasteiger charge is 2.37. The van der Waals surface area contributed by atoms with E-state index in [0.29, 0.717) is 20.8 Å². The minimum atomic E-state index is -2.37. The first-order valence-electron chi connectivity index (χ1n) is 11.0. The van der Waals surface area contributed by atoms with Gasteiger partial charge in [-0.2, -0.15) is 0 Å². The lowest BCUT2D eigenvalue weighted by Crippen LogP contribution is -2.44. The van der Waals surface area contributed by atoms with Gasteiger partial charge in [0.05, 0.1) is 10.0 Å². The van der Waals surface area contributed by atoms with Gasteiger partial charge in [0, 0.05) is 11.6 Å². The summed E-state index contributed by atoms with van der Waals surface area (Å²) in [7, 11) is -2.37. The Labute approximate surface area is 188 Å². The molecule has 0 aliphatic rings. The fourth-order valence-corrected chi connectivity index (χ4v) is 6.68. The smallest absolute Gasteiger partial charge is 0.398 e. The quantitative estimate of drug-likeness (QED) is 0.178. The van der Waals surface area contributed by atoms with E-state index in [1.807, 2.05) is 0 Å². The monoisotopic (exact) mass is 466 g/mol. The lowest BCUT2D eigenvalue weighted by Gasteiger charge is -2.30. The Morgan fingerprint density at radius 2 is 1.18 bits per heavy atom. The number of halogens is 3. The van der Waals surface area contributed by atoms with Crippen molar-refractivity contribution in [2.24, 2.45) is 0 Å². The molecule has 0 aromatic heterocycles. The molecule has 6 heteroatoms. The van der Waals surface area contributed by atoms with E-state index in [-0.39, 0.29) is 0 Å². The van der Waals surface area contributed by atoms with E-state index in [0.717, 1.165) is 25.1 Å². The lowest BCUT2D eigenvalue weighted by molar-refractivity contribution is 0.230. The zero-order valence-corrected chi connectivity index (χ0v) is 21.1. The minimum Gasteiger partial charge on any atom is -0.518 e. The second-order valence-corrected chi connectivity index (χ2v) is 12.4. The van der Waals surface area contributed by atoms with Crippen molar-refractivity contribution in [3.05, 3.63) is 27.2 Å². The summed E-state index contributed by atoms with van der Waals surface area (Å²) in [4.78, 5) is 0. The van der Waals surface area contributed by atoms with Gasteiger partial charge in [-0.15, -0.1) is 0 Å². The number of hydrogen-bond donors (Lipinski definition) is 0. The highest BCUT2D eigenvalue weighted by atomic mass is 35.5. The van der Waals surface area contributed by atoms with Crippen LogP contribution in [0.5, 0.6) is 5.75 Å². The summed E-state index contributed by atoms with van der Waals surface area (Å²) < 4.78 is 12.6. The Balaban J connectivity index is 2.35. The molecule has 0 atom stereocenters. The first-order chi connectivity index (χ1) is 13.5. The fourth-order valence-electron chi connectivity index (χ4n) is 3.29. The Morgan fingerprint density at radius 1 is 0.714 bits per heavy atom. The first-order valence-corrected chi connectivity index (χ1v) is 14.3. The van der Waals surface area contributed by atoms with Gasteiger partial charge in [-0.05, 0) is 30.6 Å². The number of unbranched alkanes of at least 4 members (excludes halogenated alkanes) is 9. The van der Waals surface area contributed by atoms with Crippen molar-refractivity contribution >= 4 is 43.4 Å². The molecule has 28 heavy (non-hydrogen) atoms. The van der Waals surface area contributed by atoms with Crippen molar-refractivity contribution < 1.29 is 8.85 Å². The van der Waals surface area contributed by atoms with Crippen LogP contribution in [0, 0.1) is 0 Å². The van der Waals surface area contributed by atoms with E-state index in [9.17, 15) is 0 Å². The van der Waals surface area contributed by atoms with Crippen molar-refractivity contribution in [1.82, 2.24) is 0 Å². The molecule has 1 aromatic rings. The molecule has 0 radical (unpaired) electrons. The molecule has 0 aliphatic heterocycles. The van der Waals surface area contributed by atoms with Crippen molar-refractivity contribution in [3.8, 4) is 5.75 Å². The molecule has 0 unspecified atom stereocenters. The van der Waals surface area contributed by atoms with Gasteiger partial charge in [-0.1, -0.05) is 113 Å². The second-order valence-electron chi connectivity index (χ2n) is 7.45. The third-order valence-electron chi connectivity index (χ3n) is 5.19. The zero-order chi connectivity index (χ0) is 20.8. The van der Waals surface area contributed by atoms with Crippen LogP contribution in [0.3, 0.4) is 0 Å². The highest BCUT2D eigenvalue weighted by Crippen LogP contribution is 2.38. The van der Waals surface area contributed by atoms with Crippen LogP contribution in [-0.2, 0) is 4.43 Å². The Kier molecular flexibility index (Phi) is 13.9. The maximum absolute atomic E-state index is 6.31. The molecule has 0 fully saturated rings. The number of hydrogen-bond acceptors (Lipinski definition) is 2. The van der Waals surface area contributed by atoms with Crippen LogP contribution in [0.25, 0.3) is 0 Å². The maximum Gasteiger partial charge on any atom is 0.398 e. The molecular weight excluding hydrogens is 431 g/mol. The summed E-state index contributed by atoms with van der Waals surface area (Å²) in [5.74, 6) is 0.506. The standard InChI is InChI=1S/C22H37Cl3O2Si/c1-4-7-8-9-10-11-12-13-14-15-16-26-28(5-2,6-3)27-22-20(24)17-19(23)18-21(22)25/h17-18H,4-16H2,1-3H3. The Bertz CT molecular complexity index is 528. The van der Waals surface area contributed by atoms with Crippen molar-refractivity contribution in [3.63, 3.8) is 0 Å². The predicted octanol–water partition coefficient (Wildman–Crippen LogP) is 9.45. The van der Waals surface area contributed by atoms with E-state index in [4.69, 9.17) is 43.7 Å². The minimum absolute atomic E-state index is 0.443. The van der Waals surface area contributed by atoms with E-state index in [1.165, 1.54) is 57.8 Å². The summed E-state index contributed by atoms with van der Waals surface area (Å²) in [6.07, 6.45) is 13.2. The molecular formula is C22H37Cl3O2Si. The summed E-state index contributed by atoms with van der Waals surface area (Å²) in [6.45, 7) is 7.24. The fraction of sp³-hybridized carbons (Fsp3) is 0.727. The van der Waals surface area contributed by atoms with E-state index >= 15 is 0 Å². The normalized spacial score (nSPS) is 11.8. The second kappa shape index (κ2) is 15.0. The lowest BCUT2D eigenvalue weighted by atomic mass is 10.1. The van der Waals surface area contributed by atoms with Crippen molar-refractivity contribution in [2.45, 2.75) is 97.1 Å². The van der Waals surface area contributed by atoms with Gasteiger partial charge in [0.1, 0.15) is 5.75 Å². The summed E-state index contributed by atoms with van der Waals surface area (Å²) in [5.41, 5.74) is 0. The highest BCUT2D eigenvalue weighted by molar-refractivity contribution is 6.68. The largest absolute Gasteiger partial charge is 0.518 e. The number of benzene rings is 1. The number of rotatable bonds is 16. The molecule has 0 saturated heterocycles. The van der Waals surface area contributed by atoms with Gasteiger partial charge < -0.3 is 8.85 Å². The summed E-state index contributed by atoms with van der Waals surface area (Å²) in [5, 5.41) is 1.39. The van der Waals surface area contributed by atoms with Gasteiger partial charge in [0.15, 0.2) is 0 Å². The van der Waals surface area contributed by atoms with Gasteiger partial charge in [0.25, 0.3) is 0 Å². The molecule has 0 spiro atoms. The Morgan fingerprint density at radius 3 is 1.64 bits per heavy atom. The van der Waals surface area contributed by atoms with Crippen LogP contribution in [0.15, 0.2) is 12.1 Å². The average molecular weight is 468 g/mol. The molecule has 0 bridgehead atoms. The van der Waals surface area contributed by atoms with Gasteiger partial charge in [0.2, 0.25) is 0 Å². The van der Waals surface area contributed by atoms with Crippen molar-refractivity contribution in [1.29, 1.82) is 0 Å². The summed E-state index contributed by atoms with van der Waals surface area (Å²) in [6, 6.07) is 5.04.